The number of amides is 1. The molecule has 0 radical (unpaired) electrons. The highest BCUT2D eigenvalue weighted by molar-refractivity contribution is 6.04. The van der Waals surface area contributed by atoms with Crippen molar-refractivity contribution in [1.29, 1.82) is 0 Å². The third kappa shape index (κ3) is 2.82. The van der Waals surface area contributed by atoms with Crippen LogP contribution in [0.5, 0.6) is 0 Å². The number of carbonyl (C=O) groups excluding carboxylic acids is 1. The van der Waals surface area contributed by atoms with Crippen LogP contribution in [0.15, 0.2) is 54.9 Å². The lowest BCUT2D eigenvalue weighted by Crippen LogP contribution is -2.18. The van der Waals surface area contributed by atoms with Crippen LogP contribution in [0.2, 0.25) is 0 Å². The van der Waals surface area contributed by atoms with Crippen LogP contribution in [-0.2, 0) is 13.7 Å². The lowest BCUT2D eigenvalue weighted by Gasteiger charge is -2.07. The number of pyridine rings is 1. The molecule has 26 heavy (non-hydrogen) atoms. The number of benzene rings is 1. The van der Waals surface area contributed by atoms with Crippen molar-refractivity contribution in [2.75, 3.05) is 5.32 Å². The van der Waals surface area contributed by atoms with Gasteiger partial charge in [0.15, 0.2) is 11.5 Å². The Morgan fingerprint density at radius 1 is 1.23 bits per heavy atom. The van der Waals surface area contributed by atoms with Gasteiger partial charge in [-0.1, -0.05) is 30.3 Å². The number of aromatic nitrogens is 5. The zero-order chi connectivity index (χ0) is 18.1. The second-order valence-corrected chi connectivity index (χ2v) is 5.77. The summed E-state index contributed by atoms with van der Waals surface area (Å²) in [5.74, 6) is 0.268. The molecule has 4 aromatic rings. The van der Waals surface area contributed by atoms with E-state index in [2.05, 4.69) is 20.5 Å². The minimum Gasteiger partial charge on any atom is -0.392 e. The summed E-state index contributed by atoms with van der Waals surface area (Å²) in [6, 6.07) is 13.2. The molecule has 0 aliphatic carbocycles. The summed E-state index contributed by atoms with van der Waals surface area (Å²) < 4.78 is 3.09. The van der Waals surface area contributed by atoms with E-state index in [4.69, 9.17) is 0 Å². The van der Waals surface area contributed by atoms with Gasteiger partial charge < -0.3 is 10.4 Å². The van der Waals surface area contributed by atoms with Crippen LogP contribution < -0.4 is 5.32 Å². The van der Waals surface area contributed by atoms with Crippen molar-refractivity contribution in [3.63, 3.8) is 0 Å². The first-order valence-corrected chi connectivity index (χ1v) is 8.00. The molecule has 1 aromatic carbocycles. The Balaban J connectivity index is 1.63. The molecule has 0 atom stereocenters. The molecule has 4 rings (SSSR count). The zero-order valence-corrected chi connectivity index (χ0v) is 14.0. The highest BCUT2D eigenvalue weighted by atomic mass is 16.3. The van der Waals surface area contributed by atoms with Crippen molar-refractivity contribution in [2.24, 2.45) is 7.05 Å². The van der Waals surface area contributed by atoms with Gasteiger partial charge >= 0.3 is 0 Å². The van der Waals surface area contributed by atoms with Crippen LogP contribution in [0, 0.1) is 0 Å². The Hall–Kier alpha value is -3.52. The summed E-state index contributed by atoms with van der Waals surface area (Å²) in [4.78, 5) is 17.0. The Morgan fingerprint density at radius 3 is 2.81 bits per heavy atom. The number of hydrogen-bond donors (Lipinski definition) is 2. The predicted octanol–water partition coefficient (Wildman–Crippen LogP) is 1.87. The molecule has 2 N–H and O–H groups in total. The smallest absolute Gasteiger partial charge is 0.274 e. The van der Waals surface area contributed by atoms with Crippen molar-refractivity contribution in [2.45, 2.75) is 6.61 Å². The lowest BCUT2D eigenvalue weighted by atomic mass is 10.2. The number of nitrogens with zero attached hydrogens (tertiary/aromatic N) is 5. The highest BCUT2D eigenvalue weighted by Gasteiger charge is 2.17. The van der Waals surface area contributed by atoms with Gasteiger partial charge in [-0.2, -0.15) is 5.10 Å². The van der Waals surface area contributed by atoms with E-state index in [1.54, 1.807) is 29.9 Å². The average Bonchev–Trinajstić information content (AvgIpc) is 3.25. The van der Waals surface area contributed by atoms with Crippen LogP contribution in [-0.4, -0.2) is 35.4 Å². The molecular weight excluding hydrogens is 332 g/mol. The molecule has 130 valence electrons. The summed E-state index contributed by atoms with van der Waals surface area (Å²) >= 11 is 0. The molecule has 0 aliphatic rings. The van der Waals surface area contributed by atoms with Crippen molar-refractivity contribution < 1.29 is 9.90 Å². The van der Waals surface area contributed by atoms with Crippen molar-refractivity contribution in [3.05, 3.63) is 66.1 Å². The van der Waals surface area contributed by atoms with E-state index in [1.807, 2.05) is 30.3 Å². The summed E-state index contributed by atoms with van der Waals surface area (Å²) in [7, 11) is 1.65. The monoisotopic (exact) mass is 348 g/mol. The van der Waals surface area contributed by atoms with Crippen LogP contribution >= 0.6 is 0 Å². The molecule has 1 amide bonds. The average molecular weight is 348 g/mol. The van der Waals surface area contributed by atoms with Gasteiger partial charge in [0, 0.05) is 36.1 Å². The van der Waals surface area contributed by atoms with Crippen LogP contribution in [0.25, 0.3) is 17.0 Å². The maximum Gasteiger partial charge on any atom is 0.274 e. The molecule has 0 fully saturated rings. The fourth-order valence-electron chi connectivity index (χ4n) is 2.75. The number of aliphatic hydroxyl groups is 1. The number of anilines is 1. The topological polar surface area (TPSA) is 97.3 Å². The first-order valence-electron chi connectivity index (χ1n) is 8.00. The van der Waals surface area contributed by atoms with Crippen LogP contribution in [0.3, 0.4) is 0 Å². The van der Waals surface area contributed by atoms with E-state index in [0.717, 1.165) is 5.56 Å². The van der Waals surface area contributed by atoms with Gasteiger partial charge in [0.1, 0.15) is 5.69 Å². The molecule has 8 nitrogen and oxygen atoms in total. The Labute approximate surface area is 148 Å². The number of aliphatic hydroxyl groups excluding tert-OH is 1. The van der Waals surface area contributed by atoms with E-state index < -0.39 is 0 Å². The molecule has 0 saturated carbocycles. The molecule has 3 aromatic heterocycles. The van der Waals surface area contributed by atoms with Crippen LogP contribution in [0.4, 0.5) is 5.69 Å². The van der Waals surface area contributed by atoms with E-state index in [9.17, 15) is 9.90 Å². The number of carbonyl (C=O) groups is 1. The van der Waals surface area contributed by atoms with Crippen molar-refractivity contribution >= 4 is 17.2 Å². The Morgan fingerprint density at radius 2 is 2.04 bits per heavy atom. The normalized spacial score (nSPS) is 11.0. The van der Waals surface area contributed by atoms with Gasteiger partial charge in [-0.15, -0.1) is 5.10 Å². The van der Waals surface area contributed by atoms with Gasteiger partial charge in [-0.3, -0.25) is 9.48 Å². The summed E-state index contributed by atoms with van der Waals surface area (Å²) in [6.07, 6.45) is 3.21. The number of hydrogen-bond acceptors (Lipinski definition) is 5. The first-order chi connectivity index (χ1) is 12.7. The standard InChI is InChI=1S/C18H16N6O2/c1-23-16(13(11-25)10-19-23)18(26)20-14-7-8-24-15(9-14)21-17(22-24)12-5-3-2-4-6-12/h2-10,25H,11H2,1H3,(H,20,26). The predicted molar refractivity (Wildman–Crippen MR) is 95.5 cm³/mol. The van der Waals surface area contributed by atoms with E-state index in [-0.39, 0.29) is 12.5 Å². The fraction of sp³-hybridized carbons (Fsp3) is 0.111. The lowest BCUT2D eigenvalue weighted by molar-refractivity contribution is 0.101. The largest absolute Gasteiger partial charge is 0.392 e. The highest BCUT2D eigenvalue weighted by Crippen LogP contribution is 2.18. The maximum atomic E-state index is 12.5. The molecule has 8 heteroatoms. The Bertz CT molecular complexity index is 1080. The summed E-state index contributed by atoms with van der Waals surface area (Å²) in [6.45, 7) is -0.250. The van der Waals surface area contributed by atoms with Gasteiger partial charge in [0.25, 0.3) is 5.91 Å². The van der Waals surface area contributed by atoms with Gasteiger partial charge in [-0.05, 0) is 6.07 Å². The van der Waals surface area contributed by atoms with E-state index in [1.165, 1.54) is 10.9 Å². The van der Waals surface area contributed by atoms with E-state index >= 15 is 0 Å². The second-order valence-electron chi connectivity index (χ2n) is 5.77. The summed E-state index contributed by atoms with van der Waals surface area (Å²) in [5.41, 5.74) is 2.91. The quantitative estimate of drug-likeness (QED) is 0.587. The fourth-order valence-corrected chi connectivity index (χ4v) is 2.75. The zero-order valence-electron chi connectivity index (χ0n) is 14.0. The molecule has 0 spiro atoms. The molecule has 0 saturated heterocycles. The third-order valence-electron chi connectivity index (χ3n) is 4.03. The molecule has 3 heterocycles. The minimum absolute atomic E-state index is 0.250. The number of aryl methyl sites for hydroxylation is 1. The van der Waals surface area contributed by atoms with Gasteiger partial charge in [-0.25, -0.2) is 9.50 Å². The third-order valence-corrected chi connectivity index (χ3v) is 4.03. The van der Waals surface area contributed by atoms with E-state index in [0.29, 0.717) is 28.4 Å². The molecule has 0 bridgehead atoms. The van der Waals surface area contributed by atoms with Gasteiger partial charge in [0.2, 0.25) is 0 Å². The maximum absolute atomic E-state index is 12.5. The molecule has 0 aliphatic heterocycles. The van der Waals surface area contributed by atoms with Crippen molar-refractivity contribution in [1.82, 2.24) is 24.4 Å². The second kappa shape index (κ2) is 6.41. The minimum atomic E-state index is -0.346. The molecule has 0 unspecified atom stereocenters. The van der Waals surface area contributed by atoms with Gasteiger partial charge in [0.05, 0.1) is 12.8 Å². The number of fused-ring (bicyclic) bond motifs is 1. The molecular formula is C18H16N6O2. The summed E-state index contributed by atoms with van der Waals surface area (Å²) in [5, 5.41) is 20.6. The Kier molecular flexibility index (Phi) is 3.94. The SMILES string of the molecule is Cn1ncc(CO)c1C(=O)Nc1ccn2nc(-c3ccccc3)nc2c1. The number of rotatable bonds is 4. The first kappa shape index (κ1) is 16.0. The number of nitrogens with one attached hydrogen (secondary N) is 1. The van der Waals surface area contributed by atoms with Crippen molar-refractivity contribution in [3.8, 4) is 11.4 Å². The van der Waals surface area contributed by atoms with Crippen LogP contribution in [0.1, 0.15) is 16.1 Å².